The SMILES string of the molecule is CN=C(NCc1cccc(OCC(=O)N(C)C)c1)NCC(O)c1cc2ccccc2s1.I. The topological polar surface area (TPSA) is 86.2 Å². The van der Waals surface area contributed by atoms with Crippen LogP contribution in [-0.2, 0) is 11.3 Å². The minimum Gasteiger partial charge on any atom is -0.484 e. The van der Waals surface area contributed by atoms with E-state index in [4.69, 9.17) is 4.74 Å². The number of halogens is 1. The molecule has 9 heteroatoms. The molecule has 1 unspecified atom stereocenters. The summed E-state index contributed by atoms with van der Waals surface area (Å²) in [6.45, 7) is 0.877. The highest BCUT2D eigenvalue weighted by Crippen LogP contribution is 2.29. The summed E-state index contributed by atoms with van der Waals surface area (Å²) in [6.07, 6.45) is -0.623. The molecule has 1 aromatic heterocycles. The Hall–Kier alpha value is -2.37. The van der Waals surface area contributed by atoms with E-state index in [0.29, 0.717) is 24.8 Å². The Bertz CT molecular complexity index is 1020. The number of hydrogen-bond donors (Lipinski definition) is 3. The smallest absolute Gasteiger partial charge is 0.259 e. The van der Waals surface area contributed by atoms with Crippen LogP contribution in [0.1, 0.15) is 16.5 Å². The summed E-state index contributed by atoms with van der Waals surface area (Å²) in [7, 11) is 5.08. The number of amides is 1. The van der Waals surface area contributed by atoms with Crippen molar-refractivity contribution in [1.29, 1.82) is 0 Å². The van der Waals surface area contributed by atoms with Crippen LogP contribution in [0.25, 0.3) is 10.1 Å². The highest BCUT2D eigenvalue weighted by Gasteiger charge is 2.12. The highest BCUT2D eigenvalue weighted by molar-refractivity contribution is 14.0. The number of benzene rings is 2. The second-order valence-electron chi connectivity index (χ2n) is 7.23. The molecule has 0 fully saturated rings. The number of thiophene rings is 1. The zero-order chi connectivity index (χ0) is 22.2. The van der Waals surface area contributed by atoms with Gasteiger partial charge in [0.05, 0.1) is 0 Å². The normalized spacial score (nSPS) is 12.1. The van der Waals surface area contributed by atoms with Crippen LogP contribution in [-0.4, -0.2) is 56.2 Å². The van der Waals surface area contributed by atoms with Crippen LogP contribution in [0.15, 0.2) is 59.6 Å². The van der Waals surface area contributed by atoms with Gasteiger partial charge >= 0.3 is 0 Å². The van der Waals surface area contributed by atoms with Gasteiger partial charge in [-0.25, -0.2) is 0 Å². The third kappa shape index (κ3) is 7.35. The van der Waals surface area contributed by atoms with Gasteiger partial charge in [0.1, 0.15) is 11.9 Å². The molecule has 0 aliphatic heterocycles. The Balaban J connectivity index is 0.00000363. The molecular weight excluding hydrogens is 539 g/mol. The lowest BCUT2D eigenvalue weighted by molar-refractivity contribution is -0.130. The van der Waals surface area contributed by atoms with Crippen molar-refractivity contribution in [2.24, 2.45) is 4.99 Å². The average Bonchev–Trinajstić information content (AvgIpc) is 3.22. The number of carbonyl (C=O) groups excluding carboxylic acids is 1. The van der Waals surface area contributed by atoms with Gasteiger partial charge in [0.25, 0.3) is 5.91 Å². The molecule has 1 heterocycles. The van der Waals surface area contributed by atoms with Crippen LogP contribution in [0.4, 0.5) is 0 Å². The largest absolute Gasteiger partial charge is 0.484 e. The molecule has 0 saturated heterocycles. The zero-order valence-corrected chi connectivity index (χ0v) is 21.5. The first kappa shape index (κ1) is 25.9. The minimum absolute atomic E-state index is 0. The van der Waals surface area contributed by atoms with Crippen molar-refractivity contribution in [3.05, 3.63) is 65.0 Å². The van der Waals surface area contributed by atoms with Gasteiger partial charge < -0.3 is 25.4 Å². The Morgan fingerprint density at radius 2 is 1.94 bits per heavy atom. The van der Waals surface area contributed by atoms with Crippen molar-refractivity contribution in [3.63, 3.8) is 0 Å². The highest BCUT2D eigenvalue weighted by atomic mass is 127. The molecular formula is C23H29IN4O3S. The number of aliphatic hydroxyl groups excluding tert-OH is 1. The molecule has 0 bridgehead atoms. The fourth-order valence-electron chi connectivity index (χ4n) is 2.89. The van der Waals surface area contributed by atoms with Crippen molar-refractivity contribution < 1.29 is 14.6 Å². The molecule has 3 rings (SSSR count). The predicted octanol–water partition coefficient (Wildman–Crippen LogP) is 3.38. The monoisotopic (exact) mass is 568 g/mol. The van der Waals surface area contributed by atoms with Crippen LogP contribution in [0.3, 0.4) is 0 Å². The zero-order valence-electron chi connectivity index (χ0n) is 18.4. The van der Waals surface area contributed by atoms with Crippen LogP contribution in [0.2, 0.25) is 0 Å². The van der Waals surface area contributed by atoms with E-state index in [-0.39, 0.29) is 36.5 Å². The number of carbonyl (C=O) groups is 1. The fourth-order valence-corrected chi connectivity index (χ4v) is 3.94. The first-order chi connectivity index (χ1) is 15.0. The summed E-state index contributed by atoms with van der Waals surface area (Å²) in [5.41, 5.74) is 0.989. The number of rotatable bonds is 8. The lowest BCUT2D eigenvalue weighted by atomic mass is 10.2. The van der Waals surface area contributed by atoms with Crippen molar-refractivity contribution in [2.45, 2.75) is 12.6 Å². The molecule has 3 N–H and O–H groups in total. The second kappa shape index (κ2) is 12.6. The molecule has 7 nitrogen and oxygen atoms in total. The Morgan fingerprint density at radius 1 is 1.16 bits per heavy atom. The van der Waals surface area contributed by atoms with Gasteiger partial charge in [0.2, 0.25) is 0 Å². The summed E-state index contributed by atoms with van der Waals surface area (Å²) in [5.74, 6) is 1.14. The van der Waals surface area contributed by atoms with E-state index < -0.39 is 6.10 Å². The maximum absolute atomic E-state index is 11.7. The van der Waals surface area contributed by atoms with Crippen LogP contribution in [0.5, 0.6) is 5.75 Å². The number of guanidine groups is 1. The number of ether oxygens (including phenoxy) is 1. The maximum Gasteiger partial charge on any atom is 0.259 e. The van der Waals surface area contributed by atoms with Gasteiger partial charge in [-0.1, -0.05) is 30.3 Å². The molecule has 3 aromatic rings. The van der Waals surface area contributed by atoms with E-state index in [2.05, 4.69) is 21.7 Å². The van der Waals surface area contributed by atoms with Gasteiger partial charge in [0, 0.05) is 43.8 Å². The Labute approximate surface area is 209 Å². The lowest BCUT2D eigenvalue weighted by Crippen LogP contribution is -2.38. The van der Waals surface area contributed by atoms with Gasteiger partial charge in [-0.15, -0.1) is 35.3 Å². The quantitative estimate of drug-likeness (QED) is 0.221. The number of fused-ring (bicyclic) bond motifs is 1. The van der Waals surface area contributed by atoms with Crippen molar-refractivity contribution in [3.8, 4) is 5.75 Å². The molecule has 0 radical (unpaired) electrons. The minimum atomic E-state index is -0.623. The summed E-state index contributed by atoms with van der Waals surface area (Å²) in [4.78, 5) is 18.3. The Morgan fingerprint density at radius 3 is 2.66 bits per heavy atom. The van der Waals surface area contributed by atoms with E-state index in [1.165, 1.54) is 4.90 Å². The summed E-state index contributed by atoms with van der Waals surface area (Å²) >= 11 is 1.59. The molecule has 0 saturated carbocycles. The molecule has 0 aliphatic carbocycles. The first-order valence-electron chi connectivity index (χ1n) is 9.99. The summed E-state index contributed by atoms with van der Waals surface area (Å²) in [6, 6.07) is 17.7. The van der Waals surface area contributed by atoms with E-state index in [0.717, 1.165) is 20.5 Å². The third-order valence-corrected chi connectivity index (χ3v) is 5.90. The summed E-state index contributed by atoms with van der Waals surface area (Å²) < 4.78 is 6.72. The summed E-state index contributed by atoms with van der Waals surface area (Å²) in [5, 5.41) is 18.1. The van der Waals surface area contributed by atoms with Gasteiger partial charge in [-0.05, 0) is 35.2 Å². The molecule has 0 aliphatic rings. The van der Waals surface area contributed by atoms with E-state index in [9.17, 15) is 9.90 Å². The van der Waals surface area contributed by atoms with E-state index in [1.54, 1.807) is 32.5 Å². The number of hydrogen-bond acceptors (Lipinski definition) is 5. The molecule has 32 heavy (non-hydrogen) atoms. The van der Waals surface area contributed by atoms with Gasteiger partial charge in [0.15, 0.2) is 12.6 Å². The van der Waals surface area contributed by atoms with Crippen molar-refractivity contribution in [1.82, 2.24) is 15.5 Å². The first-order valence-corrected chi connectivity index (χ1v) is 10.8. The number of likely N-dealkylation sites (N-methyl/N-ethyl adjacent to an activating group) is 1. The number of aliphatic hydroxyl groups is 1. The molecule has 1 atom stereocenters. The van der Waals surface area contributed by atoms with Crippen molar-refractivity contribution >= 4 is 57.3 Å². The number of nitrogens with zero attached hydrogens (tertiary/aromatic N) is 2. The number of nitrogens with one attached hydrogen (secondary N) is 2. The van der Waals surface area contributed by atoms with Crippen LogP contribution < -0.4 is 15.4 Å². The second-order valence-corrected chi connectivity index (χ2v) is 8.35. The molecule has 0 spiro atoms. The van der Waals surface area contributed by atoms with Crippen LogP contribution >= 0.6 is 35.3 Å². The van der Waals surface area contributed by atoms with E-state index in [1.807, 2.05) is 48.5 Å². The van der Waals surface area contributed by atoms with Gasteiger partial charge in [-0.2, -0.15) is 0 Å². The average molecular weight is 568 g/mol. The van der Waals surface area contributed by atoms with Crippen molar-refractivity contribution in [2.75, 3.05) is 34.3 Å². The predicted molar refractivity (Wildman–Crippen MR) is 141 cm³/mol. The van der Waals surface area contributed by atoms with E-state index >= 15 is 0 Å². The molecule has 172 valence electrons. The Kier molecular flexibility index (Phi) is 10.2. The molecule has 1 amide bonds. The fraction of sp³-hybridized carbons (Fsp3) is 0.304. The number of aliphatic imine (C=N–C) groups is 1. The van der Waals surface area contributed by atoms with Gasteiger partial charge in [-0.3, -0.25) is 9.79 Å². The maximum atomic E-state index is 11.7. The van der Waals surface area contributed by atoms with Crippen LogP contribution in [0, 0.1) is 0 Å². The standard InChI is InChI=1S/C23H28N4O3S.HI/c1-24-23(26-14-19(28)21-12-17-8-4-5-10-20(17)31-21)25-13-16-7-6-9-18(11-16)30-15-22(29)27(2)3;/h4-12,19,28H,13-15H2,1-3H3,(H2,24,25,26);1H. The third-order valence-electron chi connectivity index (χ3n) is 4.68. The lowest BCUT2D eigenvalue weighted by Gasteiger charge is -2.15. The molecule has 2 aromatic carbocycles.